The molecule has 0 heterocycles. The summed E-state index contributed by atoms with van der Waals surface area (Å²) in [5.41, 5.74) is 2.92. The van der Waals surface area contributed by atoms with Crippen LogP contribution in [0.3, 0.4) is 0 Å². The van der Waals surface area contributed by atoms with Gasteiger partial charge < -0.3 is 0 Å². The van der Waals surface area contributed by atoms with Crippen LogP contribution in [0, 0.1) is 5.92 Å². The van der Waals surface area contributed by atoms with Crippen molar-refractivity contribution in [2.45, 2.75) is 33.6 Å². The van der Waals surface area contributed by atoms with Gasteiger partial charge in [0.25, 0.3) is 0 Å². The summed E-state index contributed by atoms with van der Waals surface area (Å²) < 4.78 is 0. The van der Waals surface area contributed by atoms with Gasteiger partial charge in [-0.25, -0.2) is 0 Å². The third-order valence-corrected chi connectivity index (χ3v) is 2.08. The molecule has 1 aromatic carbocycles. The van der Waals surface area contributed by atoms with Gasteiger partial charge in [0.05, 0.1) is 0 Å². The van der Waals surface area contributed by atoms with E-state index in [0.717, 1.165) is 0 Å². The molecule has 0 atom stereocenters. The second-order valence-corrected chi connectivity index (χ2v) is 3.41. The van der Waals surface area contributed by atoms with Gasteiger partial charge in [0.1, 0.15) is 0 Å². The Kier molecular flexibility index (Phi) is 3.33. The molecule has 1 radical (unpaired) electrons. The van der Waals surface area contributed by atoms with Crippen molar-refractivity contribution in [2.24, 2.45) is 0 Å². The van der Waals surface area contributed by atoms with E-state index in [9.17, 15) is 0 Å². The molecule has 0 heteroatoms. The van der Waals surface area contributed by atoms with Gasteiger partial charge in [0.2, 0.25) is 0 Å². The standard InChI is InChI=1S/C12H17/c1-4-7-11-8-5-6-9-12(11)10(2)3/h5-6,8-9H,4,7H2,1-3H3. The van der Waals surface area contributed by atoms with Gasteiger partial charge in [-0.15, -0.1) is 0 Å². The zero-order valence-corrected chi connectivity index (χ0v) is 8.22. The fraction of sp³-hybridized carbons (Fsp3) is 0.417. The van der Waals surface area contributed by atoms with Crippen molar-refractivity contribution in [1.29, 1.82) is 0 Å². The van der Waals surface area contributed by atoms with E-state index in [1.807, 2.05) is 0 Å². The average Bonchev–Trinajstić information content (AvgIpc) is 2.05. The number of rotatable bonds is 3. The van der Waals surface area contributed by atoms with Gasteiger partial charge >= 0.3 is 0 Å². The highest BCUT2D eigenvalue weighted by atomic mass is 14.1. The Labute approximate surface area is 75.6 Å². The van der Waals surface area contributed by atoms with Crippen LogP contribution in [0.2, 0.25) is 0 Å². The van der Waals surface area contributed by atoms with E-state index in [1.54, 1.807) is 0 Å². The van der Waals surface area contributed by atoms with Crippen LogP contribution in [0.4, 0.5) is 0 Å². The second-order valence-electron chi connectivity index (χ2n) is 3.41. The maximum atomic E-state index is 2.23. The van der Waals surface area contributed by atoms with Crippen molar-refractivity contribution in [2.75, 3.05) is 0 Å². The number of hydrogen-bond donors (Lipinski definition) is 0. The van der Waals surface area contributed by atoms with E-state index in [4.69, 9.17) is 0 Å². The molecule has 0 bridgehead atoms. The molecule has 0 saturated carbocycles. The Morgan fingerprint density at radius 1 is 1.17 bits per heavy atom. The van der Waals surface area contributed by atoms with Crippen molar-refractivity contribution < 1.29 is 0 Å². The maximum Gasteiger partial charge on any atom is -0.000922 e. The summed E-state index contributed by atoms with van der Waals surface area (Å²) in [6.07, 6.45) is 2.42. The fourth-order valence-electron chi connectivity index (χ4n) is 1.50. The largest absolute Gasteiger partial charge is 0.0651 e. The second kappa shape index (κ2) is 4.30. The maximum absolute atomic E-state index is 2.23. The average molecular weight is 161 g/mol. The molecule has 0 unspecified atom stereocenters. The third-order valence-electron chi connectivity index (χ3n) is 2.08. The lowest BCUT2D eigenvalue weighted by atomic mass is 9.95. The molecular weight excluding hydrogens is 144 g/mol. The van der Waals surface area contributed by atoms with Crippen LogP contribution >= 0.6 is 0 Å². The van der Waals surface area contributed by atoms with E-state index in [1.165, 1.54) is 29.9 Å². The lowest BCUT2D eigenvalue weighted by Crippen LogP contribution is -1.95. The molecule has 0 aliphatic carbocycles. The lowest BCUT2D eigenvalue weighted by Gasteiger charge is -2.10. The fourth-order valence-corrected chi connectivity index (χ4v) is 1.50. The van der Waals surface area contributed by atoms with Gasteiger partial charge in [-0.2, -0.15) is 0 Å². The first-order valence-electron chi connectivity index (χ1n) is 4.64. The molecule has 0 spiro atoms. The van der Waals surface area contributed by atoms with E-state index >= 15 is 0 Å². The topological polar surface area (TPSA) is 0 Å². The van der Waals surface area contributed by atoms with Crippen LogP contribution in [0.25, 0.3) is 0 Å². The van der Waals surface area contributed by atoms with Gasteiger partial charge in [0.15, 0.2) is 0 Å². The van der Waals surface area contributed by atoms with Gasteiger partial charge in [-0.3, -0.25) is 0 Å². The molecule has 0 saturated heterocycles. The molecule has 0 fully saturated rings. The van der Waals surface area contributed by atoms with Crippen LogP contribution < -0.4 is 0 Å². The minimum atomic E-state index is 1.20. The molecule has 0 aliphatic rings. The van der Waals surface area contributed by atoms with Crippen LogP contribution in [-0.4, -0.2) is 0 Å². The zero-order valence-electron chi connectivity index (χ0n) is 8.22. The Morgan fingerprint density at radius 2 is 1.83 bits per heavy atom. The summed E-state index contributed by atoms with van der Waals surface area (Å²) in [6, 6.07) is 8.67. The molecule has 0 nitrogen and oxygen atoms in total. The summed E-state index contributed by atoms with van der Waals surface area (Å²) in [5.74, 6) is 1.42. The molecule has 1 rings (SSSR count). The number of hydrogen-bond acceptors (Lipinski definition) is 0. The highest BCUT2D eigenvalue weighted by molar-refractivity contribution is 5.36. The Hall–Kier alpha value is -0.780. The smallest absolute Gasteiger partial charge is 0.000922 e. The molecule has 65 valence electrons. The van der Waals surface area contributed by atoms with E-state index in [-0.39, 0.29) is 0 Å². The van der Waals surface area contributed by atoms with Crippen LogP contribution in [0.5, 0.6) is 0 Å². The number of benzene rings is 1. The predicted octanol–water partition coefficient (Wildman–Crippen LogP) is 3.60. The summed E-state index contributed by atoms with van der Waals surface area (Å²) in [5, 5.41) is 0. The first kappa shape index (κ1) is 9.31. The van der Waals surface area contributed by atoms with Crippen LogP contribution in [0.15, 0.2) is 24.3 Å². The van der Waals surface area contributed by atoms with E-state index in [2.05, 4.69) is 45.0 Å². The minimum absolute atomic E-state index is 1.20. The van der Waals surface area contributed by atoms with Crippen molar-refractivity contribution in [3.8, 4) is 0 Å². The van der Waals surface area contributed by atoms with E-state index in [0.29, 0.717) is 0 Å². The summed E-state index contributed by atoms with van der Waals surface area (Å²) in [6.45, 7) is 6.57. The van der Waals surface area contributed by atoms with Crippen LogP contribution in [0.1, 0.15) is 38.3 Å². The summed E-state index contributed by atoms with van der Waals surface area (Å²) in [4.78, 5) is 0. The first-order valence-corrected chi connectivity index (χ1v) is 4.64. The van der Waals surface area contributed by atoms with Gasteiger partial charge in [0, 0.05) is 0 Å². The third kappa shape index (κ3) is 2.10. The molecule has 0 N–H and O–H groups in total. The van der Waals surface area contributed by atoms with E-state index < -0.39 is 0 Å². The highest BCUT2D eigenvalue weighted by Crippen LogP contribution is 2.19. The summed E-state index contributed by atoms with van der Waals surface area (Å²) in [7, 11) is 0. The highest BCUT2D eigenvalue weighted by Gasteiger charge is 2.03. The quantitative estimate of drug-likeness (QED) is 0.635. The Bertz CT molecular complexity index is 236. The van der Waals surface area contributed by atoms with Gasteiger partial charge in [-0.1, -0.05) is 51.5 Å². The molecule has 0 aliphatic heterocycles. The number of aryl methyl sites for hydroxylation is 1. The predicted molar refractivity (Wildman–Crippen MR) is 54.1 cm³/mol. The van der Waals surface area contributed by atoms with Crippen molar-refractivity contribution in [3.05, 3.63) is 41.3 Å². The SMILES string of the molecule is CCCc1ccccc1[C](C)C. The van der Waals surface area contributed by atoms with Crippen molar-refractivity contribution in [1.82, 2.24) is 0 Å². The Morgan fingerprint density at radius 3 is 2.42 bits per heavy atom. The zero-order chi connectivity index (χ0) is 8.97. The summed E-state index contributed by atoms with van der Waals surface area (Å²) >= 11 is 0. The lowest BCUT2D eigenvalue weighted by molar-refractivity contribution is 0.904. The van der Waals surface area contributed by atoms with Gasteiger partial charge in [-0.05, 0) is 23.5 Å². The van der Waals surface area contributed by atoms with Crippen molar-refractivity contribution >= 4 is 0 Å². The minimum Gasteiger partial charge on any atom is -0.0651 e. The Balaban J connectivity index is 2.92. The van der Waals surface area contributed by atoms with Crippen LogP contribution in [-0.2, 0) is 6.42 Å². The monoisotopic (exact) mass is 161 g/mol. The molecule has 0 amide bonds. The molecule has 12 heavy (non-hydrogen) atoms. The van der Waals surface area contributed by atoms with Crippen molar-refractivity contribution in [3.63, 3.8) is 0 Å². The normalized spacial score (nSPS) is 10.7. The first-order chi connectivity index (χ1) is 5.75. The molecule has 0 aromatic heterocycles. The molecule has 1 aromatic rings. The molecular formula is C12H17.